The van der Waals surface area contributed by atoms with Gasteiger partial charge in [-0.2, -0.15) is 9.78 Å². The van der Waals surface area contributed by atoms with E-state index in [1.165, 1.54) is 4.68 Å². The Kier molecular flexibility index (Phi) is 8.63. The van der Waals surface area contributed by atoms with E-state index < -0.39 is 0 Å². The summed E-state index contributed by atoms with van der Waals surface area (Å²) in [7, 11) is 0. The largest absolute Gasteiger partial charge is 0.488 e. The first kappa shape index (κ1) is 26.3. The first-order chi connectivity index (χ1) is 16.8. The third kappa shape index (κ3) is 6.13. The standard InChI is InChI=1S/C26H21Br4N3O2/c1-3-15(2)25-32-23-8-7-18(27)11-20(23)26(34)33(25)31-13-16-4-9-24(22(30)10-16)35-14-17-5-6-19(28)12-21(17)29/h4-13,15H,3,14H2,1-2H3/t15-/m0/s1. The van der Waals surface area contributed by atoms with Crippen molar-refractivity contribution in [3.63, 3.8) is 0 Å². The molecule has 0 fully saturated rings. The average molecular weight is 727 g/mol. The van der Waals surface area contributed by atoms with Crippen LogP contribution in [0.25, 0.3) is 10.9 Å². The fourth-order valence-corrected chi connectivity index (χ4v) is 5.45. The number of halogens is 4. The second-order valence-electron chi connectivity index (χ2n) is 8.02. The van der Waals surface area contributed by atoms with Gasteiger partial charge in [-0.15, -0.1) is 0 Å². The summed E-state index contributed by atoms with van der Waals surface area (Å²) >= 11 is 14.1. The lowest BCUT2D eigenvalue weighted by atomic mass is 10.1. The predicted molar refractivity (Wildman–Crippen MR) is 156 cm³/mol. The fourth-order valence-electron chi connectivity index (χ4n) is 3.41. The van der Waals surface area contributed by atoms with Crippen LogP contribution >= 0.6 is 63.7 Å². The first-order valence-electron chi connectivity index (χ1n) is 10.9. The van der Waals surface area contributed by atoms with Gasteiger partial charge in [-0.25, -0.2) is 4.98 Å². The Morgan fingerprint density at radius 2 is 1.74 bits per heavy atom. The molecule has 0 radical (unpaired) electrons. The van der Waals surface area contributed by atoms with Crippen LogP contribution in [0.15, 0.2) is 82.4 Å². The Morgan fingerprint density at radius 3 is 2.46 bits per heavy atom. The van der Waals surface area contributed by atoms with Crippen molar-refractivity contribution in [1.82, 2.24) is 9.66 Å². The maximum atomic E-state index is 13.3. The van der Waals surface area contributed by atoms with Gasteiger partial charge < -0.3 is 4.74 Å². The minimum absolute atomic E-state index is 0.0772. The van der Waals surface area contributed by atoms with E-state index in [0.717, 1.165) is 35.4 Å². The molecule has 180 valence electrons. The smallest absolute Gasteiger partial charge is 0.282 e. The van der Waals surface area contributed by atoms with Gasteiger partial charge in [0.1, 0.15) is 18.2 Å². The third-order valence-electron chi connectivity index (χ3n) is 5.56. The number of benzene rings is 3. The van der Waals surface area contributed by atoms with Crippen LogP contribution in [0.3, 0.4) is 0 Å². The van der Waals surface area contributed by atoms with Crippen LogP contribution in [-0.4, -0.2) is 15.9 Å². The van der Waals surface area contributed by atoms with Gasteiger partial charge in [0.05, 0.1) is 21.6 Å². The second kappa shape index (κ2) is 11.5. The molecule has 9 heteroatoms. The van der Waals surface area contributed by atoms with Crippen LogP contribution < -0.4 is 10.3 Å². The predicted octanol–water partition coefficient (Wildman–Crippen LogP) is 8.42. The number of nitrogens with zero attached hydrogens (tertiary/aromatic N) is 3. The van der Waals surface area contributed by atoms with Gasteiger partial charge in [-0.1, -0.05) is 67.7 Å². The van der Waals surface area contributed by atoms with E-state index >= 15 is 0 Å². The van der Waals surface area contributed by atoms with E-state index in [2.05, 4.69) is 75.7 Å². The molecule has 0 N–H and O–H groups in total. The van der Waals surface area contributed by atoms with Crippen molar-refractivity contribution in [3.8, 4) is 5.75 Å². The average Bonchev–Trinajstić information content (AvgIpc) is 2.83. The molecule has 35 heavy (non-hydrogen) atoms. The SMILES string of the molecule is CC[C@H](C)c1nc2ccc(Br)cc2c(=O)n1N=Cc1ccc(OCc2ccc(Br)cc2Br)c(Br)c1. The highest BCUT2D eigenvalue weighted by Crippen LogP contribution is 2.29. The Bertz CT molecular complexity index is 1480. The summed E-state index contributed by atoms with van der Waals surface area (Å²) in [4.78, 5) is 18.0. The molecule has 4 rings (SSSR count). The molecule has 4 aromatic rings. The lowest BCUT2D eigenvalue weighted by Gasteiger charge is -2.14. The molecule has 1 heterocycles. The highest BCUT2D eigenvalue weighted by Gasteiger charge is 2.15. The van der Waals surface area contributed by atoms with Crippen LogP contribution in [0, 0.1) is 0 Å². The molecule has 0 amide bonds. The van der Waals surface area contributed by atoms with Crippen molar-refractivity contribution < 1.29 is 4.74 Å². The molecule has 0 saturated carbocycles. The van der Waals surface area contributed by atoms with Crippen molar-refractivity contribution >= 4 is 80.8 Å². The summed E-state index contributed by atoms with van der Waals surface area (Å²) < 4.78 is 11.0. The summed E-state index contributed by atoms with van der Waals surface area (Å²) in [5.74, 6) is 1.43. The highest BCUT2D eigenvalue weighted by atomic mass is 79.9. The maximum absolute atomic E-state index is 13.3. The molecule has 0 bridgehead atoms. The first-order valence-corrected chi connectivity index (χ1v) is 14.1. The normalized spacial score (nSPS) is 12.4. The van der Waals surface area contributed by atoms with Crippen molar-refractivity contribution in [2.45, 2.75) is 32.8 Å². The Hall–Kier alpha value is -1.81. The minimum Gasteiger partial charge on any atom is -0.488 e. The summed E-state index contributed by atoms with van der Waals surface area (Å²) in [5, 5.41) is 5.06. The Balaban J connectivity index is 1.62. The zero-order chi connectivity index (χ0) is 25.1. The van der Waals surface area contributed by atoms with Crippen molar-refractivity contribution in [1.29, 1.82) is 0 Å². The molecule has 3 aromatic carbocycles. The number of hydrogen-bond acceptors (Lipinski definition) is 4. The number of fused-ring (bicyclic) bond motifs is 1. The summed E-state index contributed by atoms with van der Waals surface area (Å²) in [6.07, 6.45) is 2.51. The van der Waals surface area contributed by atoms with Crippen LogP contribution in [0.1, 0.15) is 43.1 Å². The Labute approximate surface area is 237 Å². The van der Waals surface area contributed by atoms with Crippen LogP contribution in [0.2, 0.25) is 0 Å². The van der Waals surface area contributed by atoms with E-state index in [4.69, 9.17) is 9.72 Å². The molecule has 5 nitrogen and oxygen atoms in total. The number of ether oxygens (including phenoxy) is 1. The van der Waals surface area contributed by atoms with Crippen LogP contribution in [0.5, 0.6) is 5.75 Å². The van der Waals surface area contributed by atoms with Crippen molar-refractivity contribution in [3.05, 3.63) is 99.8 Å². The quantitative estimate of drug-likeness (QED) is 0.180. The lowest BCUT2D eigenvalue weighted by Crippen LogP contribution is -2.23. The minimum atomic E-state index is -0.193. The number of aromatic nitrogens is 2. The topological polar surface area (TPSA) is 56.5 Å². The van der Waals surface area contributed by atoms with Crippen molar-refractivity contribution in [2.75, 3.05) is 0 Å². The van der Waals surface area contributed by atoms with Gasteiger partial charge in [0.25, 0.3) is 5.56 Å². The van der Waals surface area contributed by atoms with Crippen molar-refractivity contribution in [2.24, 2.45) is 5.10 Å². The number of rotatable bonds is 7. The maximum Gasteiger partial charge on any atom is 0.282 e. The molecule has 0 spiro atoms. The Morgan fingerprint density at radius 1 is 1.00 bits per heavy atom. The molecule has 0 unspecified atom stereocenters. The van der Waals surface area contributed by atoms with Crippen LogP contribution in [0.4, 0.5) is 0 Å². The monoisotopic (exact) mass is 723 g/mol. The molecule has 1 aromatic heterocycles. The van der Waals surface area contributed by atoms with Gasteiger partial charge in [0.2, 0.25) is 0 Å². The van der Waals surface area contributed by atoms with E-state index in [-0.39, 0.29) is 11.5 Å². The van der Waals surface area contributed by atoms with Gasteiger partial charge in [0, 0.05) is 24.9 Å². The molecular weight excluding hydrogens is 706 g/mol. The molecule has 0 aliphatic rings. The van der Waals surface area contributed by atoms with E-state index in [1.807, 2.05) is 55.5 Å². The summed E-state index contributed by atoms with van der Waals surface area (Å²) in [6, 6.07) is 17.2. The molecular formula is C26H21Br4N3O2. The fraction of sp³-hybridized carbons (Fsp3) is 0.192. The van der Waals surface area contributed by atoms with Crippen LogP contribution in [-0.2, 0) is 6.61 Å². The van der Waals surface area contributed by atoms with E-state index in [0.29, 0.717) is 29.1 Å². The second-order valence-corrected chi connectivity index (χ2v) is 11.6. The van der Waals surface area contributed by atoms with E-state index in [9.17, 15) is 4.79 Å². The zero-order valence-electron chi connectivity index (χ0n) is 18.9. The van der Waals surface area contributed by atoms with Gasteiger partial charge in [-0.3, -0.25) is 4.79 Å². The van der Waals surface area contributed by atoms with E-state index in [1.54, 1.807) is 12.3 Å². The molecule has 0 aliphatic heterocycles. The molecule has 0 saturated heterocycles. The summed E-state index contributed by atoms with van der Waals surface area (Å²) in [5.41, 5.74) is 2.34. The number of hydrogen-bond donors (Lipinski definition) is 0. The molecule has 0 aliphatic carbocycles. The zero-order valence-corrected chi connectivity index (χ0v) is 25.3. The van der Waals surface area contributed by atoms with Gasteiger partial charge in [-0.05, 0) is 76.4 Å². The van der Waals surface area contributed by atoms with Gasteiger partial charge >= 0.3 is 0 Å². The summed E-state index contributed by atoms with van der Waals surface area (Å²) in [6.45, 7) is 4.54. The molecule has 1 atom stereocenters. The lowest BCUT2D eigenvalue weighted by molar-refractivity contribution is 0.303. The van der Waals surface area contributed by atoms with Gasteiger partial charge in [0.15, 0.2) is 0 Å². The highest BCUT2D eigenvalue weighted by molar-refractivity contribution is 9.11. The third-order valence-corrected chi connectivity index (χ3v) is 7.91.